The Hall–Kier alpha value is -0.570. The van der Waals surface area contributed by atoms with Gasteiger partial charge in [0.05, 0.1) is 0 Å². The Kier molecular flexibility index (Phi) is 6.76. The number of nitrogens with zero attached hydrogens (tertiary/aromatic N) is 1. The van der Waals surface area contributed by atoms with E-state index in [1.54, 1.807) is 5.01 Å². The first-order valence-corrected chi connectivity index (χ1v) is 4.63. The van der Waals surface area contributed by atoms with Crippen molar-refractivity contribution in [3.8, 4) is 0 Å². The lowest BCUT2D eigenvalue weighted by atomic mass is 10.1. The zero-order valence-electron chi connectivity index (χ0n) is 8.39. The maximum atomic E-state index is 11.1. The van der Waals surface area contributed by atoms with Gasteiger partial charge in [0.25, 0.3) is 0 Å². The summed E-state index contributed by atoms with van der Waals surface area (Å²) in [6, 6.07) is 0. The number of carbonyl (C=O) groups is 1. The zero-order valence-corrected chi connectivity index (χ0v) is 8.39. The molecule has 0 unspecified atom stereocenters. The van der Waals surface area contributed by atoms with Crippen molar-refractivity contribution in [2.45, 2.75) is 39.0 Å². The SMILES string of the molecule is CCCCCCC(=O)NN(C)C. The summed E-state index contributed by atoms with van der Waals surface area (Å²) in [5.41, 5.74) is 2.71. The van der Waals surface area contributed by atoms with Crippen LogP contribution in [0.3, 0.4) is 0 Å². The van der Waals surface area contributed by atoms with Crippen LogP contribution < -0.4 is 5.43 Å². The molecule has 72 valence electrons. The van der Waals surface area contributed by atoms with E-state index in [-0.39, 0.29) is 5.91 Å². The van der Waals surface area contributed by atoms with Gasteiger partial charge >= 0.3 is 0 Å². The molecule has 0 aliphatic rings. The van der Waals surface area contributed by atoms with E-state index in [4.69, 9.17) is 0 Å². The lowest BCUT2D eigenvalue weighted by Crippen LogP contribution is -2.35. The number of rotatable bonds is 6. The van der Waals surface area contributed by atoms with Gasteiger partial charge in [-0.1, -0.05) is 26.2 Å². The highest BCUT2D eigenvalue weighted by Gasteiger charge is 2.00. The van der Waals surface area contributed by atoms with Crippen molar-refractivity contribution in [2.24, 2.45) is 0 Å². The first-order chi connectivity index (χ1) is 5.66. The summed E-state index contributed by atoms with van der Waals surface area (Å²) in [7, 11) is 3.65. The Morgan fingerprint density at radius 1 is 1.25 bits per heavy atom. The molecule has 0 aromatic rings. The van der Waals surface area contributed by atoms with E-state index in [9.17, 15) is 4.79 Å². The highest BCUT2D eigenvalue weighted by molar-refractivity contribution is 5.75. The molecule has 0 saturated heterocycles. The van der Waals surface area contributed by atoms with Crippen LogP contribution in [0.2, 0.25) is 0 Å². The Bertz CT molecular complexity index is 124. The molecule has 0 heterocycles. The average Bonchev–Trinajstić information content (AvgIpc) is 1.97. The maximum Gasteiger partial charge on any atom is 0.234 e. The summed E-state index contributed by atoms with van der Waals surface area (Å²) in [4.78, 5) is 11.1. The number of carbonyl (C=O) groups excluding carboxylic acids is 1. The van der Waals surface area contributed by atoms with E-state index in [1.165, 1.54) is 12.8 Å². The van der Waals surface area contributed by atoms with Gasteiger partial charge in [0, 0.05) is 20.5 Å². The minimum Gasteiger partial charge on any atom is -0.289 e. The molecule has 0 aliphatic carbocycles. The van der Waals surface area contributed by atoms with E-state index in [0.29, 0.717) is 6.42 Å². The van der Waals surface area contributed by atoms with Gasteiger partial charge in [-0.2, -0.15) is 0 Å². The molecule has 0 aromatic carbocycles. The van der Waals surface area contributed by atoms with Crippen LogP contribution in [0.15, 0.2) is 0 Å². The Labute approximate surface area is 75.1 Å². The van der Waals surface area contributed by atoms with Gasteiger partial charge in [-0.3, -0.25) is 10.2 Å². The summed E-state index contributed by atoms with van der Waals surface area (Å²) in [5.74, 6) is 0.121. The molecule has 3 heteroatoms. The Morgan fingerprint density at radius 3 is 2.42 bits per heavy atom. The van der Waals surface area contributed by atoms with Crippen molar-refractivity contribution in [2.75, 3.05) is 14.1 Å². The first-order valence-electron chi connectivity index (χ1n) is 4.63. The fourth-order valence-corrected chi connectivity index (χ4v) is 1.02. The highest BCUT2D eigenvalue weighted by Crippen LogP contribution is 2.01. The second-order valence-electron chi connectivity index (χ2n) is 3.24. The van der Waals surface area contributed by atoms with Gasteiger partial charge < -0.3 is 0 Å². The lowest BCUT2D eigenvalue weighted by Gasteiger charge is -2.11. The average molecular weight is 172 g/mol. The normalized spacial score (nSPS) is 10.3. The summed E-state index contributed by atoms with van der Waals surface area (Å²) >= 11 is 0. The molecule has 1 amide bonds. The largest absolute Gasteiger partial charge is 0.289 e. The third-order valence-corrected chi connectivity index (χ3v) is 1.61. The fraction of sp³-hybridized carbons (Fsp3) is 0.889. The van der Waals surface area contributed by atoms with E-state index < -0.39 is 0 Å². The number of hydrazine groups is 1. The molecule has 12 heavy (non-hydrogen) atoms. The standard InChI is InChI=1S/C9H20N2O/c1-4-5-6-7-8-9(12)10-11(2)3/h4-8H2,1-3H3,(H,10,12). The molecule has 0 fully saturated rings. The number of hydrogen-bond donors (Lipinski definition) is 1. The summed E-state index contributed by atoms with van der Waals surface area (Å²) in [6.07, 6.45) is 5.27. The topological polar surface area (TPSA) is 32.3 Å². The zero-order chi connectivity index (χ0) is 9.40. The quantitative estimate of drug-likeness (QED) is 0.487. The molecule has 0 rings (SSSR count). The molecule has 0 atom stereocenters. The third-order valence-electron chi connectivity index (χ3n) is 1.61. The molecule has 0 radical (unpaired) electrons. The van der Waals surface area contributed by atoms with Crippen molar-refractivity contribution >= 4 is 5.91 Å². The van der Waals surface area contributed by atoms with Gasteiger partial charge in [0.2, 0.25) is 5.91 Å². The monoisotopic (exact) mass is 172 g/mol. The number of amides is 1. The van der Waals surface area contributed by atoms with Crippen LogP contribution in [0.1, 0.15) is 39.0 Å². The first kappa shape index (κ1) is 11.4. The van der Waals surface area contributed by atoms with Crippen molar-refractivity contribution in [1.29, 1.82) is 0 Å². The molecule has 0 bridgehead atoms. The highest BCUT2D eigenvalue weighted by atomic mass is 16.2. The summed E-state index contributed by atoms with van der Waals surface area (Å²) in [6.45, 7) is 2.17. The minimum atomic E-state index is 0.121. The van der Waals surface area contributed by atoms with Crippen LogP contribution >= 0.6 is 0 Å². The predicted molar refractivity (Wildman–Crippen MR) is 50.6 cm³/mol. The fourth-order valence-electron chi connectivity index (χ4n) is 1.02. The van der Waals surface area contributed by atoms with Gasteiger partial charge in [0.15, 0.2) is 0 Å². The van der Waals surface area contributed by atoms with Gasteiger partial charge in [-0.15, -0.1) is 0 Å². The van der Waals surface area contributed by atoms with E-state index in [1.807, 2.05) is 14.1 Å². The smallest absolute Gasteiger partial charge is 0.234 e. The molecular formula is C9H20N2O. The molecule has 3 nitrogen and oxygen atoms in total. The molecule has 0 aromatic heterocycles. The number of hydrogen-bond acceptors (Lipinski definition) is 2. The van der Waals surface area contributed by atoms with Gasteiger partial charge in [-0.05, 0) is 6.42 Å². The second kappa shape index (κ2) is 7.10. The van der Waals surface area contributed by atoms with Crippen LogP contribution in [-0.2, 0) is 4.79 Å². The van der Waals surface area contributed by atoms with Crippen LogP contribution in [0.25, 0.3) is 0 Å². The van der Waals surface area contributed by atoms with E-state index in [2.05, 4.69) is 12.3 Å². The Balaban J connectivity index is 3.20. The molecule has 0 saturated carbocycles. The van der Waals surface area contributed by atoms with Crippen molar-refractivity contribution in [3.63, 3.8) is 0 Å². The van der Waals surface area contributed by atoms with Crippen LogP contribution in [0, 0.1) is 0 Å². The van der Waals surface area contributed by atoms with Gasteiger partial charge in [-0.25, -0.2) is 5.01 Å². The second-order valence-corrected chi connectivity index (χ2v) is 3.24. The summed E-state index contributed by atoms with van der Waals surface area (Å²) in [5, 5.41) is 1.68. The molecule has 1 N–H and O–H groups in total. The van der Waals surface area contributed by atoms with E-state index >= 15 is 0 Å². The molecular weight excluding hydrogens is 152 g/mol. The number of unbranched alkanes of at least 4 members (excludes halogenated alkanes) is 3. The number of nitrogens with one attached hydrogen (secondary N) is 1. The van der Waals surface area contributed by atoms with Crippen molar-refractivity contribution < 1.29 is 4.79 Å². The maximum absolute atomic E-state index is 11.1. The van der Waals surface area contributed by atoms with Gasteiger partial charge in [0.1, 0.15) is 0 Å². The van der Waals surface area contributed by atoms with Crippen LogP contribution in [0.4, 0.5) is 0 Å². The summed E-state index contributed by atoms with van der Waals surface area (Å²) < 4.78 is 0. The van der Waals surface area contributed by atoms with Crippen LogP contribution in [0.5, 0.6) is 0 Å². The van der Waals surface area contributed by atoms with Crippen LogP contribution in [-0.4, -0.2) is 25.0 Å². The predicted octanol–water partition coefficient (Wildman–Crippen LogP) is 1.55. The molecule has 0 aliphatic heterocycles. The minimum absolute atomic E-state index is 0.121. The Morgan fingerprint density at radius 2 is 1.92 bits per heavy atom. The third kappa shape index (κ3) is 7.54. The van der Waals surface area contributed by atoms with E-state index in [0.717, 1.165) is 12.8 Å². The lowest BCUT2D eigenvalue weighted by molar-refractivity contribution is -0.124. The molecule has 0 spiro atoms. The van der Waals surface area contributed by atoms with Crippen molar-refractivity contribution in [1.82, 2.24) is 10.4 Å². The van der Waals surface area contributed by atoms with Crippen molar-refractivity contribution in [3.05, 3.63) is 0 Å².